The van der Waals surface area contributed by atoms with E-state index < -0.39 is 29.0 Å². The van der Waals surface area contributed by atoms with E-state index in [0.29, 0.717) is 11.1 Å². The van der Waals surface area contributed by atoms with E-state index in [1.54, 1.807) is 0 Å². The van der Waals surface area contributed by atoms with Crippen molar-refractivity contribution in [2.24, 2.45) is 0 Å². The normalized spacial score (nSPS) is 16.1. The molecular formula is C19H17F2NO4. The molecule has 1 heterocycles. The van der Waals surface area contributed by atoms with Crippen LogP contribution in [0, 0.1) is 11.6 Å². The maximum atomic E-state index is 14.4. The smallest absolute Gasteiger partial charge is 0.329 e. The number of carbonyl (C=O) groups is 2. The van der Waals surface area contributed by atoms with E-state index >= 15 is 0 Å². The van der Waals surface area contributed by atoms with E-state index in [0.717, 1.165) is 0 Å². The number of aliphatic carboxylic acids is 1. The number of nitrogens with one attached hydrogen (secondary N) is 1. The van der Waals surface area contributed by atoms with Gasteiger partial charge in [-0.25, -0.2) is 13.6 Å². The predicted octanol–water partition coefficient (Wildman–Crippen LogP) is 3.00. The van der Waals surface area contributed by atoms with E-state index in [1.807, 2.05) is 0 Å². The maximum Gasteiger partial charge on any atom is 0.329 e. The summed E-state index contributed by atoms with van der Waals surface area (Å²) in [6.07, 6.45) is 0.229. The highest BCUT2D eigenvalue weighted by molar-refractivity contribution is 5.98. The van der Waals surface area contributed by atoms with E-state index in [2.05, 4.69) is 5.32 Å². The molecule has 2 aromatic rings. The second kappa shape index (κ2) is 7.21. The summed E-state index contributed by atoms with van der Waals surface area (Å²) < 4.78 is 32.6. The number of amides is 1. The van der Waals surface area contributed by atoms with Crippen LogP contribution < -0.4 is 5.32 Å². The Hall–Kier alpha value is -2.80. The number of hydrogen-bond acceptors (Lipinski definition) is 3. The molecule has 2 N–H and O–H groups in total. The van der Waals surface area contributed by atoms with Gasteiger partial charge in [-0.3, -0.25) is 4.79 Å². The van der Waals surface area contributed by atoms with Crippen molar-refractivity contribution in [2.75, 3.05) is 13.2 Å². The number of carbonyl (C=O) groups excluding carboxylic acids is 1. The SMILES string of the molecule is O=C(NC1(C(=O)O)CCOCC1)c1ccc(-c2ccc(F)cc2)cc1F. The van der Waals surface area contributed by atoms with Gasteiger partial charge in [-0.05, 0) is 35.4 Å². The van der Waals surface area contributed by atoms with Gasteiger partial charge in [0.2, 0.25) is 0 Å². The lowest BCUT2D eigenvalue weighted by molar-refractivity contribution is -0.148. The zero-order chi connectivity index (χ0) is 18.7. The number of ether oxygens (including phenoxy) is 1. The molecule has 1 aliphatic heterocycles. The van der Waals surface area contributed by atoms with Crippen LogP contribution in [0.3, 0.4) is 0 Å². The minimum atomic E-state index is -1.46. The van der Waals surface area contributed by atoms with Gasteiger partial charge in [0.1, 0.15) is 17.2 Å². The van der Waals surface area contributed by atoms with Crippen LogP contribution in [-0.4, -0.2) is 35.7 Å². The van der Waals surface area contributed by atoms with Crippen molar-refractivity contribution in [3.05, 3.63) is 59.7 Å². The Balaban J connectivity index is 1.83. The van der Waals surface area contributed by atoms with Gasteiger partial charge in [0.25, 0.3) is 5.91 Å². The number of benzene rings is 2. The molecule has 2 aromatic carbocycles. The molecule has 1 amide bonds. The molecular weight excluding hydrogens is 344 g/mol. The van der Waals surface area contributed by atoms with Crippen LogP contribution in [0.15, 0.2) is 42.5 Å². The molecule has 0 bridgehead atoms. The fraction of sp³-hybridized carbons (Fsp3) is 0.263. The Morgan fingerprint density at radius 2 is 1.62 bits per heavy atom. The summed E-state index contributed by atoms with van der Waals surface area (Å²) in [6.45, 7) is 0.414. The van der Waals surface area contributed by atoms with Crippen LogP contribution in [-0.2, 0) is 9.53 Å². The molecule has 5 nitrogen and oxygen atoms in total. The Bertz CT molecular complexity index is 830. The molecule has 1 fully saturated rings. The summed E-state index contributed by atoms with van der Waals surface area (Å²) in [7, 11) is 0. The summed E-state index contributed by atoms with van der Waals surface area (Å²) in [6, 6.07) is 9.52. The second-order valence-corrected chi connectivity index (χ2v) is 6.16. The average Bonchev–Trinajstić information content (AvgIpc) is 2.62. The van der Waals surface area contributed by atoms with E-state index in [4.69, 9.17) is 4.74 Å². The summed E-state index contributed by atoms with van der Waals surface area (Å²) in [5.74, 6) is -3.15. The number of rotatable bonds is 4. The fourth-order valence-electron chi connectivity index (χ4n) is 2.92. The first-order valence-corrected chi connectivity index (χ1v) is 8.10. The van der Waals surface area contributed by atoms with Crippen molar-refractivity contribution in [3.8, 4) is 11.1 Å². The molecule has 0 spiro atoms. The Morgan fingerprint density at radius 3 is 2.19 bits per heavy atom. The van der Waals surface area contributed by atoms with Crippen LogP contribution in [0.4, 0.5) is 8.78 Å². The molecule has 136 valence electrons. The molecule has 3 rings (SSSR count). The monoisotopic (exact) mass is 361 g/mol. The molecule has 0 saturated carbocycles. The summed E-state index contributed by atoms with van der Waals surface area (Å²) >= 11 is 0. The Kier molecular flexibility index (Phi) is 4.99. The highest BCUT2D eigenvalue weighted by Crippen LogP contribution is 2.25. The van der Waals surface area contributed by atoms with Crippen molar-refractivity contribution in [1.29, 1.82) is 0 Å². The van der Waals surface area contributed by atoms with E-state index in [9.17, 15) is 23.5 Å². The summed E-state index contributed by atoms with van der Waals surface area (Å²) in [5.41, 5.74) is -0.623. The molecule has 7 heteroatoms. The topological polar surface area (TPSA) is 75.6 Å². The number of halogens is 2. The van der Waals surface area contributed by atoms with Crippen LogP contribution in [0.1, 0.15) is 23.2 Å². The molecule has 1 aliphatic rings. The van der Waals surface area contributed by atoms with Gasteiger partial charge in [-0.1, -0.05) is 18.2 Å². The minimum absolute atomic E-state index is 0.114. The van der Waals surface area contributed by atoms with Crippen molar-refractivity contribution in [2.45, 2.75) is 18.4 Å². The fourth-order valence-corrected chi connectivity index (χ4v) is 2.92. The molecule has 0 unspecified atom stereocenters. The van der Waals surface area contributed by atoms with Gasteiger partial charge < -0.3 is 15.2 Å². The lowest BCUT2D eigenvalue weighted by Crippen LogP contribution is -2.57. The number of carboxylic acid groups (broad SMARTS) is 1. The van der Waals surface area contributed by atoms with Crippen molar-refractivity contribution in [3.63, 3.8) is 0 Å². The molecule has 0 atom stereocenters. The molecule has 26 heavy (non-hydrogen) atoms. The lowest BCUT2D eigenvalue weighted by atomic mass is 9.89. The quantitative estimate of drug-likeness (QED) is 0.878. The zero-order valence-corrected chi connectivity index (χ0v) is 13.8. The first-order chi connectivity index (χ1) is 12.4. The average molecular weight is 361 g/mol. The molecule has 0 radical (unpaired) electrons. The van der Waals surface area contributed by atoms with Gasteiger partial charge in [-0.15, -0.1) is 0 Å². The van der Waals surface area contributed by atoms with Gasteiger partial charge in [-0.2, -0.15) is 0 Å². The number of carboxylic acids is 1. The third-order valence-corrected chi connectivity index (χ3v) is 4.50. The molecule has 0 aliphatic carbocycles. The third-order valence-electron chi connectivity index (χ3n) is 4.50. The Labute approximate surface area is 148 Å². The van der Waals surface area contributed by atoms with Crippen LogP contribution in [0.2, 0.25) is 0 Å². The van der Waals surface area contributed by atoms with Crippen LogP contribution in [0.5, 0.6) is 0 Å². The summed E-state index contributed by atoms with van der Waals surface area (Å²) in [4.78, 5) is 24.0. The van der Waals surface area contributed by atoms with Gasteiger partial charge in [0.15, 0.2) is 0 Å². The highest BCUT2D eigenvalue weighted by atomic mass is 19.1. The zero-order valence-electron chi connectivity index (χ0n) is 13.8. The third kappa shape index (κ3) is 3.57. The lowest BCUT2D eigenvalue weighted by Gasteiger charge is -2.33. The first-order valence-electron chi connectivity index (χ1n) is 8.10. The van der Waals surface area contributed by atoms with Gasteiger partial charge in [0, 0.05) is 26.1 Å². The van der Waals surface area contributed by atoms with Crippen LogP contribution in [0.25, 0.3) is 11.1 Å². The molecule has 0 aromatic heterocycles. The first kappa shape index (κ1) is 18.0. The predicted molar refractivity (Wildman–Crippen MR) is 89.7 cm³/mol. The van der Waals surface area contributed by atoms with E-state index in [1.165, 1.54) is 42.5 Å². The standard InChI is InChI=1S/C19H17F2NO4/c20-14-4-1-12(2-5-14)13-3-6-15(16(21)11-13)17(23)22-19(18(24)25)7-9-26-10-8-19/h1-6,11H,7-10H2,(H,22,23)(H,24,25). The van der Waals surface area contributed by atoms with Crippen LogP contribution >= 0.6 is 0 Å². The van der Waals surface area contributed by atoms with Crippen molar-refractivity contribution < 1.29 is 28.2 Å². The largest absolute Gasteiger partial charge is 0.480 e. The van der Waals surface area contributed by atoms with Gasteiger partial charge in [0.05, 0.1) is 5.56 Å². The Morgan fingerprint density at radius 1 is 1.00 bits per heavy atom. The maximum absolute atomic E-state index is 14.4. The highest BCUT2D eigenvalue weighted by Gasteiger charge is 2.42. The second-order valence-electron chi connectivity index (χ2n) is 6.16. The van der Waals surface area contributed by atoms with Crippen molar-refractivity contribution >= 4 is 11.9 Å². The van der Waals surface area contributed by atoms with Crippen molar-refractivity contribution in [1.82, 2.24) is 5.32 Å². The number of hydrogen-bond donors (Lipinski definition) is 2. The van der Waals surface area contributed by atoms with E-state index in [-0.39, 0.29) is 31.6 Å². The summed E-state index contributed by atoms with van der Waals surface area (Å²) in [5, 5.41) is 11.9. The molecule has 1 saturated heterocycles. The minimum Gasteiger partial charge on any atom is -0.480 e. The van der Waals surface area contributed by atoms with Gasteiger partial charge >= 0.3 is 5.97 Å².